The quantitative estimate of drug-likeness (QED) is 0.762. The third-order valence-electron chi connectivity index (χ3n) is 4.82. The number of primary amides is 1. The second-order valence-electron chi connectivity index (χ2n) is 6.40. The van der Waals surface area contributed by atoms with Crippen LogP contribution in [0.15, 0.2) is 42.7 Å². The van der Waals surface area contributed by atoms with Crippen molar-refractivity contribution < 1.29 is 9.59 Å². The number of hydrogen-bond acceptors (Lipinski definition) is 3. The minimum absolute atomic E-state index is 0.0598. The van der Waals surface area contributed by atoms with E-state index in [0.29, 0.717) is 18.7 Å². The topological polar surface area (TPSA) is 96.5 Å². The number of amides is 2. The van der Waals surface area contributed by atoms with E-state index < -0.39 is 5.91 Å². The van der Waals surface area contributed by atoms with Gasteiger partial charge in [-0.2, -0.15) is 5.10 Å². The fourth-order valence-electron chi connectivity index (χ4n) is 3.42. The molecule has 0 atom stereocenters. The molecule has 3 aromatic heterocycles. The van der Waals surface area contributed by atoms with E-state index in [1.807, 2.05) is 46.0 Å². The molecule has 0 unspecified atom stereocenters. The molecule has 0 radical (unpaired) electrons. The molecular formula is C18H19N5O2. The third-order valence-corrected chi connectivity index (χ3v) is 4.82. The number of fused-ring (bicyclic) bond motifs is 1. The summed E-state index contributed by atoms with van der Waals surface area (Å²) in [5.41, 5.74) is 8.13. The molecule has 25 heavy (non-hydrogen) atoms. The zero-order chi connectivity index (χ0) is 17.4. The number of hydrogen-bond donors (Lipinski definition) is 2. The van der Waals surface area contributed by atoms with E-state index in [4.69, 9.17) is 5.73 Å². The summed E-state index contributed by atoms with van der Waals surface area (Å²) in [6, 6.07) is 9.52. The minimum Gasteiger partial charge on any atom is -0.364 e. The van der Waals surface area contributed by atoms with E-state index in [1.165, 1.54) is 0 Å². The maximum Gasteiger partial charge on any atom is 0.269 e. The van der Waals surface area contributed by atoms with Crippen LogP contribution in [0, 0.1) is 0 Å². The van der Waals surface area contributed by atoms with Gasteiger partial charge in [-0.15, -0.1) is 0 Å². The molecule has 3 aromatic rings. The number of aromatic amines is 1. The molecule has 0 aliphatic carbocycles. The van der Waals surface area contributed by atoms with Crippen molar-refractivity contribution >= 4 is 17.3 Å². The molecule has 1 saturated heterocycles. The van der Waals surface area contributed by atoms with Gasteiger partial charge in [-0.1, -0.05) is 6.07 Å². The minimum atomic E-state index is -0.532. The van der Waals surface area contributed by atoms with Crippen molar-refractivity contribution in [2.75, 3.05) is 13.1 Å². The average Bonchev–Trinajstić information content (AvgIpc) is 3.28. The molecule has 1 aliphatic heterocycles. The lowest BCUT2D eigenvalue weighted by Crippen LogP contribution is -2.37. The van der Waals surface area contributed by atoms with Crippen LogP contribution in [0.1, 0.15) is 45.3 Å². The van der Waals surface area contributed by atoms with Gasteiger partial charge >= 0.3 is 0 Å². The van der Waals surface area contributed by atoms with Crippen LogP contribution in [-0.4, -0.2) is 44.4 Å². The Hall–Kier alpha value is -3.09. The van der Waals surface area contributed by atoms with Crippen LogP contribution in [0.2, 0.25) is 0 Å². The van der Waals surface area contributed by atoms with Crippen LogP contribution < -0.4 is 5.73 Å². The number of H-pyrrole nitrogens is 1. The molecule has 0 aromatic carbocycles. The summed E-state index contributed by atoms with van der Waals surface area (Å²) in [5.74, 6) is -0.210. The first-order chi connectivity index (χ1) is 12.1. The number of pyridine rings is 1. The lowest BCUT2D eigenvalue weighted by molar-refractivity contribution is 0.0712. The molecule has 7 heteroatoms. The predicted molar refractivity (Wildman–Crippen MR) is 92.4 cm³/mol. The van der Waals surface area contributed by atoms with Crippen LogP contribution in [0.4, 0.5) is 0 Å². The number of piperidine rings is 1. The van der Waals surface area contributed by atoms with Crippen LogP contribution in [-0.2, 0) is 0 Å². The van der Waals surface area contributed by atoms with Gasteiger partial charge in [0.1, 0.15) is 5.69 Å². The molecule has 4 heterocycles. The van der Waals surface area contributed by atoms with Crippen LogP contribution in [0.25, 0.3) is 5.52 Å². The van der Waals surface area contributed by atoms with Gasteiger partial charge in [0.25, 0.3) is 11.8 Å². The molecule has 3 N–H and O–H groups in total. The molecule has 2 amide bonds. The predicted octanol–water partition coefficient (Wildman–Crippen LogP) is 1.78. The standard InChI is InChI=1S/C18H19N5O2/c19-17(24)16-10-15(20-21-16)12-4-7-22(8-5-12)18(25)13-9-14-3-1-2-6-23(14)11-13/h1-3,6,9-12H,4-5,7-8H2,(H2,19,24)(H,20,21). The van der Waals surface area contributed by atoms with Crippen molar-refractivity contribution in [3.8, 4) is 0 Å². The van der Waals surface area contributed by atoms with Gasteiger partial charge in [-0.25, -0.2) is 0 Å². The smallest absolute Gasteiger partial charge is 0.269 e. The summed E-state index contributed by atoms with van der Waals surface area (Å²) >= 11 is 0. The molecular weight excluding hydrogens is 318 g/mol. The van der Waals surface area contributed by atoms with Gasteiger partial charge in [-0.3, -0.25) is 14.7 Å². The molecule has 4 rings (SSSR count). The zero-order valence-electron chi connectivity index (χ0n) is 13.7. The van der Waals surface area contributed by atoms with Crippen LogP contribution in [0.5, 0.6) is 0 Å². The number of carbonyl (C=O) groups is 2. The van der Waals surface area contributed by atoms with Crippen LogP contribution in [0.3, 0.4) is 0 Å². The largest absolute Gasteiger partial charge is 0.364 e. The highest BCUT2D eigenvalue weighted by Gasteiger charge is 2.26. The summed E-state index contributed by atoms with van der Waals surface area (Å²) in [4.78, 5) is 25.8. The Labute approximate surface area is 144 Å². The number of nitrogens with zero attached hydrogens (tertiary/aromatic N) is 3. The fourth-order valence-corrected chi connectivity index (χ4v) is 3.42. The highest BCUT2D eigenvalue weighted by molar-refractivity contribution is 5.95. The molecule has 0 bridgehead atoms. The van der Waals surface area contributed by atoms with E-state index in [9.17, 15) is 9.59 Å². The highest BCUT2D eigenvalue weighted by atomic mass is 16.2. The second-order valence-corrected chi connectivity index (χ2v) is 6.40. The summed E-state index contributed by atoms with van der Waals surface area (Å²) in [6.45, 7) is 1.36. The first-order valence-electron chi connectivity index (χ1n) is 8.33. The lowest BCUT2D eigenvalue weighted by atomic mass is 9.93. The summed E-state index contributed by atoms with van der Waals surface area (Å²) in [6.07, 6.45) is 5.48. The van der Waals surface area contributed by atoms with Crippen molar-refractivity contribution in [3.05, 3.63) is 59.7 Å². The Morgan fingerprint density at radius 2 is 2.00 bits per heavy atom. The van der Waals surface area contributed by atoms with E-state index in [2.05, 4.69) is 10.2 Å². The van der Waals surface area contributed by atoms with E-state index in [0.717, 1.165) is 24.1 Å². The Morgan fingerprint density at radius 3 is 2.68 bits per heavy atom. The average molecular weight is 337 g/mol. The van der Waals surface area contributed by atoms with E-state index in [1.54, 1.807) is 6.07 Å². The number of rotatable bonds is 3. The van der Waals surface area contributed by atoms with Crippen molar-refractivity contribution in [2.24, 2.45) is 5.73 Å². The lowest BCUT2D eigenvalue weighted by Gasteiger charge is -2.31. The normalized spacial score (nSPS) is 15.6. The first kappa shape index (κ1) is 15.4. The van der Waals surface area contributed by atoms with Crippen molar-refractivity contribution in [3.63, 3.8) is 0 Å². The molecule has 1 fully saturated rings. The van der Waals surface area contributed by atoms with Crippen molar-refractivity contribution in [2.45, 2.75) is 18.8 Å². The van der Waals surface area contributed by atoms with Gasteiger partial charge in [0.15, 0.2) is 0 Å². The number of aromatic nitrogens is 3. The maximum absolute atomic E-state index is 12.7. The van der Waals surface area contributed by atoms with E-state index >= 15 is 0 Å². The molecule has 128 valence electrons. The van der Waals surface area contributed by atoms with Gasteiger partial charge in [0.05, 0.1) is 5.56 Å². The summed E-state index contributed by atoms with van der Waals surface area (Å²) < 4.78 is 1.95. The Kier molecular flexibility index (Phi) is 3.76. The Balaban J connectivity index is 1.44. The number of nitrogens with one attached hydrogen (secondary N) is 1. The van der Waals surface area contributed by atoms with Gasteiger partial charge in [0.2, 0.25) is 0 Å². The highest BCUT2D eigenvalue weighted by Crippen LogP contribution is 2.28. The first-order valence-corrected chi connectivity index (χ1v) is 8.33. The zero-order valence-corrected chi connectivity index (χ0v) is 13.7. The Morgan fingerprint density at radius 1 is 1.20 bits per heavy atom. The fraction of sp³-hybridized carbons (Fsp3) is 0.278. The monoisotopic (exact) mass is 337 g/mol. The van der Waals surface area contributed by atoms with E-state index in [-0.39, 0.29) is 17.5 Å². The van der Waals surface area contributed by atoms with Gasteiger partial charge in [0, 0.05) is 42.6 Å². The van der Waals surface area contributed by atoms with Crippen molar-refractivity contribution in [1.29, 1.82) is 0 Å². The SMILES string of the molecule is NC(=O)c1cc(C2CCN(C(=O)c3cc4ccccn4c3)CC2)[nH]n1. The van der Waals surface area contributed by atoms with Gasteiger partial charge in [-0.05, 0) is 37.1 Å². The molecule has 1 aliphatic rings. The second kappa shape index (κ2) is 6.08. The number of nitrogens with two attached hydrogens (primary N) is 1. The number of carbonyl (C=O) groups excluding carboxylic acids is 2. The van der Waals surface area contributed by atoms with Gasteiger partial charge < -0.3 is 15.0 Å². The number of likely N-dealkylation sites (tertiary alicyclic amines) is 1. The summed E-state index contributed by atoms with van der Waals surface area (Å²) in [7, 11) is 0. The third kappa shape index (κ3) is 2.88. The summed E-state index contributed by atoms with van der Waals surface area (Å²) in [5, 5.41) is 6.83. The molecule has 7 nitrogen and oxygen atoms in total. The van der Waals surface area contributed by atoms with Crippen molar-refractivity contribution in [1.82, 2.24) is 19.5 Å². The molecule has 0 spiro atoms. The Bertz CT molecular complexity index is 901. The van der Waals surface area contributed by atoms with Crippen LogP contribution >= 0.6 is 0 Å². The maximum atomic E-state index is 12.7. The molecule has 0 saturated carbocycles.